The highest BCUT2D eigenvalue weighted by atomic mass is 32.1. The Labute approximate surface area is 229 Å². The highest BCUT2D eigenvalue weighted by Crippen LogP contribution is 2.61. The van der Waals surface area contributed by atoms with Gasteiger partial charge in [-0.25, -0.2) is 19.2 Å². The van der Waals surface area contributed by atoms with Gasteiger partial charge in [0.05, 0.1) is 29.3 Å². The number of benzene rings is 1. The third kappa shape index (κ3) is 4.28. The molecule has 1 aliphatic carbocycles. The van der Waals surface area contributed by atoms with Gasteiger partial charge in [0, 0.05) is 30.6 Å². The zero-order valence-corrected chi connectivity index (χ0v) is 22.8. The molecule has 2 N–H and O–H groups in total. The summed E-state index contributed by atoms with van der Waals surface area (Å²) < 4.78 is 20.4. The zero-order chi connectivity index (χ0) is 27.5. The van der Waals surface area contributed by atoms with Crippen molar-refractivity contribution in [1.82, 2.24) is 19.8 Å². The molecule has 2 aliphatic heterocycles. The number of aromatic nitrogens is 2. The van der Waals surface area contributed by atoms with Crippen molar-refractivity contribution in [2.24, 2.45) is 5.92 Å². The zero-order valence-electron chi connectivity index (χ0n) is 22.0. The van der Waals surface area contributed by atoms with Crippen LogP contribution < -0.4 is 10.1 Å². The van der Waals surface area contributed by atoms with E-state index in [1.165, 1.54) is 16.2 Å². The molecule has 204 valence electrons. The number of hydrogen-bond donors (Lipinski definition) is 2. The van der Waals surface area contributed by atoms with Crippen LogP contribution in [0.15, 0.2) is 30.5 Å². The quantitative estimate of drug-likeness (QED) is 0.439. The smallest absolute Gasteiger partial charge is 0.407 e. The molecule has 1 saturated heterocycles. The maximum atomic E-state index is 15.1. The molecule has 9 nitrogen and oxygen atoms in total. The van der Waals surface area contributed by atoms with Crippen molar-refractivity contribution in [3.63, 3.8) is 0 Å². The number of nitrogens with one attached hydrogen (secondary N) is 1. The summed E-state index contributed by atoms with van der Waals surface area (Å²) >= 11 is 1.46. The van der Waals surface area contributed by atoms with Gasteiger partial charge in [-0.05, 0) is 55.4 Å². The number of piperidine rings is 1. The Hall–Kier alpha value is -3.73. The summed E-state index contributed by atoms with van der Waals surface area (Å²) in [5.41, 5.74) is 2.30. The molecule has 2 amide bonds. The van der Waals surface area contributed by atoms with Crippen molar-refractivity contribution < 1.29 is 23.8 Å². The van der Waals surface area contributed by atoms with E-state index in [9.17, 15) is 14.7 Å². The molecular formula is C28H30FN5O4S. The Morgan fingerprint density at radius 1 is 1.31 bits per heavy atom. The van der Waals surface area contributed by atoms with Crippen LogP contribution in [0.5, 0.6) is 5.75 Å². The first-order chi connectivity index (χ1) is 18.7. The number of rotatable bonds is 6. The second kappa shape index (κ2) is 9.48. The van der Waals surface area contributed by atoms with Crippen molar-refractivity contribution in [2.75, 3.05) is 25.5 Å². The molecule has 3 aromatic rings. The summed E-state index contributed by atoms with van der Waals surface area (Å²) in [5.74, 6) is 0.555. The molecule has 0 bridgehead atoms. The number of fused-ring (bicyclic) bond motifs is 2. The van der Waals surface area contributed by atoms with Gasteiger partial charge in [0.25, 0.3) is 5.91 Å². The van der Waals surface area contributed by atoms with Gasteiger partial charge in [-0.15, -0.1) is 11.3 Å². The molecule has 4 heterocycles. The van der Waals surface area contributed by atoms with Crippen LogP contribution in [0.2, 0.25) is 0 Å². The van der Waals surface area contributed by atoms with E-state index in [0.717, 1.165) is 40.8 Å². The predicted molar refractivity (Wildman–Crippen MR) is 145 cm³/mol. The molecule has 11 heteroatoms. The van der Waals surface area contributed by atoms with E-state index in [0.29, 0.717) is 42.4 Å². The first kappa shape index (κ1) is 25.5. The molecule has 6 rings (SSSR count). The largest absolute Gasteiger partial charge is 0.497 e. The molecule has 0 radical (unpaired) electrons. The van der Waals surface area contributed by atoms with Crippen LogP contribution in [0.1, 0.15) is 52.5 Å². The number of methoxy groups -OCH3 is 1. The summed E-state index contributed by atoms with van der Waals surface area (Å²) in [7, 11) is 1.63. The van der Waals surface area contributed by atoms with Gasteiger partial charge in [-0.2, -0.15) is 0 Å². The monoisotopic (exact) mass is 551 g/mol. The molecule has 39 heavy (non-hydrogen) atoms. The average molecular weight is 552 g/mol. The van der Waals surface area contributed by atoms with Crippen LogP contribution in [-0.2, 0) is 12.1 Å². The first-order valence-electron chi connectivity index (χ1n) is 13.1. The van der Waals surface area contributed by atoms with Crippen molar-refractivity contribution in [3.05, 3.63) is 57.8 Å². The van der Waals surface area contributed by atoms with Gasteiger partial charge >= 0.3 is 6.09 Å². The number of nitrogens with zero attached hydrogens (tertiary/aromatic N) is 4. The number of anilines is 1. The van der Waals surface area contributed by atoms with Crippen molar-refractivity contribution >= 4 is 29.3 Å². The fraction of sp³-hybridized carbons (Fsp3) is 0.429. The van der Waals surface area contributed by atoms with Crippen LogP contribution in [0.4, 0.5) is 15.1 Å². The maximum absolute atomic E-state index is 15.1. The number of ether oxygens (including phenoxy) is 1. The van der Waals surface area contributed by atoms with E-state index in [4.69, 9.17) is 4.74 Å². The summed E-state index contributed by atoms with van der Waals surface area (Å²) in [5, 5.41) is 12.6. The summed E-state index contributed by atoms with van der Waals surface area (Å²) in [6, 6.07) is 7.72. The number of hydrogen-bond acceptors (Lipinski definition) is 7. The molecule has 3 aliphatic rings. The van der Waals surface area contributed by atoms with Gasteiger partial charge in [-0.1, -0.05) is 19.1 Å². The lowest BCUT2D eigenvalue weighted by Crippen LogP contribution is -2.47. The normalized spacial score (nSPS) is 21.3. The topological polar surface area (TPSA) is 108 Å². The molecule has 2 fully saturated rings. The molecule has 1 spiro atoms. The summed E-state index contributed by atoms with van der Waals surface area (Å²) in [6.45, 7) is 5.18. The number of halogens is 1. The number of carbonyl (C=O) groups is 2. The van der Waals surface area contributed by atoms with Gasteiger partial charge in [0.15, 0.2) is 5.82 Å². The third-order valence-electron chi connectivity index (χ3n) is 8.22. The predicted octanol–water partition coefficient (Wildman–Crippen LogP) is 5.11. The van der Waals surface area contributed by atoms with Crippen molar-refractivity contribution in [1.29, 1.82) is 0 Å². The fourth-order valence-electron chi connectivity index (χ4n) is 5.82. The molecule has 0 unspecified atom stereocenters. The SMILES string of the molecule is COc1ccc(CN2C(=O)c3c(sc(-c4nc(N[C@H]5CCN(C(=O)O)C[C@H]5C)ncc4F)c3C)C23CC3)cc1. The van der Waals surface area contributed by atoms with Crippen LogP contribution in [0, 0.1) is 18.7 Å². The standard InChI is InChI=1S/C28H30FN5O4S/c1-15-13-33(27(36)37)11-8-20(15)31-26-30-12-19(29)22(32-26)23-16(2)21-24(39-23)28(9-10-28)34(25(21)35)14-17-4-6-18(38-3)7-5-17/h4-7,12,15,20H,8-11,13-14H2,1-3H3,(H,36,37)(H,30,31,32)/t15-,20+/m1/s1. The van der Waals surface area contributed by atoms with Gasteiger partial charge in [0.2, 0.25) is 5.95 Å². The van der Waals surface area contributed by atoms with Crippen LogP contribution in [0.25, 0.3) is 10.6 Å². The van der Waals surface area contributed by atoms with E-state index in [1.807, 2.05) is 43.0 Å². The number of carboxylic acid groups (broad SMARTS) is 1. The first-order valence-corrected chi connectivity index (χ1v) is 13.9. The lowest BCUT2D eigenvalue weighted by atomic mass is 9.94. The highest BCUT2D eigenvalue weighted by molar-refractivity contribution is 7.16. The minimum Gasteiger partial charge on any atom is -0.497 e. The van der Waals surface area contributed by atoms with Crippen LogP contribution >= 0.6 is 11.3 Å². The Bertz CT molecular complexity index is 1450. The minimum atomic E-state index is -0.924. The molecule has 1 aromatic carbocycles. The Balaban J connectivity index is 1.26. The lowest BCUT2D eigenvalue weighted by Gasteiger charge is -2.35. The van der Waals surface area contributed by atoms with Crippen molar-refractivity contribution in [2.45, 2.75) is 51.2 Å². The lowest BCUT2D eigenvalue weighted by molar-refractivity contribution is 0.0684. The van der Waals surface area contributed by atoms with Gasteiger partial charge in [-0.3, -0.25) is 4.79 Å². The number of carbonyl (C=O) groups excluding carboxylic acids is 1. The van der Waals surface area contributed by atoms with E-state index < -0.39 is 11.9 Å². The molecule has 2 aromatic heterocycles. The summed E-state index contributed by atoms with van der Waals surface area (Å²) in [4.78, 5) is 38.7. The summed E-state index contributed by atoms with van der Waals surface area (Å²) in [6.07, 6.45) is 2.61. The van der Waals surface area contributed by atoms with Crippen LogP contribution in [-0.4, -0.2) is 63.1 Å². The third-order valence-corrected chi connectivity index (χ3v) is 9.71. The van der Waals surface area contributed by atoms with Crippen LogP contribution in [0.3, 0.4) is 0 Å². The maximum Gasteiger partial charge on any atom is 0.407 e. The number of thiophene rings is 1. The number of likely N-dealkylation sites (tertiary alicyclic amines) is 1. The van der Waals surface area contributed by atoms with E-state index in [2.05, 4.69) is 15.3 Å². The van der Waals surface area contributed by atoms with E-state index >= 15 is 4.39 Å². The van der Waals surface area contributed by atoms with E-state index in [-0.39, 0.29) is 29.1 Å². The number of amides is 2. The molecule has 2 atom stereocenters. The molecular weight excluding hydrogens is 521 g/mol. The van der Waals surface area contributed by atoms with Gasteiger partial charge in [0.1, 0.15) is 11.4 Å². The Kier molecular flexibility index (Phi) is 6.21. The highest BCUT2D eigenvalue weighted by Gasteiger charge is 2.60. The Morgan fingerprint density at radius 3 is 2.69 bits per heavy atom. The second-order valence-electron chi connectivity index (χ2n) is 10.7. The minimum absolute atomic E-state index is 0.0230. The molecule has 1 saturated carbocycles. The van der Waals surface area contributed by atoms with E-state index in [1.54, 1.807) is 7.11 Å². The van der Waals surface area contributed by atoms with Crippen molar-refractivity contribution in [3.8, 4) is 16.3 Å². The second-order valence-corrected chi connectivity index (χ2v) is 11.7. The fourth-order valence-corrected chi connectivity index (χ4v) is 7.37. The average Bonchev–Trinajstić information content (AvgIpc) is 3.61. The Morgan fingerprint density at radius 2 is 2.05 bits per heavy atom. The van der Waals surface area contributed by atoms with Gasteiger partial charge < -0.3 is 25.0 Å².